The Morgan fingerprint density at radius 2 is 1.50 bits per heavy atom. The SMILES string of the molecule is NCCCCCCOc1cccc(-c2ccccc2)c1. The van der Waals surface area contributed by atoms with E-state index in [2.05, 4.69) is 36.4 Å². The van der Waals surface area contributed by atoms with E-state index in [1.165, 1.54) is 24.0 Å². The minimum absolute atomic E-state index is 0.781. The predicted octanol–water partition coefficient (Wildman–Crippen LogP) is 4.25. The van der Waals surface area contributed by atoms with Crippen molar-refractivity contribution in [3.05, 3.63) is 54.6 Å². The molecule has 0 heterocycles. The summed E-state index contributed by atoms with van der Waals surface area (Å²) in [4.78, 5) is 0. The number of unbranched alkanes of at least 4 members (excludes halogenated alkanes) is 3. The van der Waals surface area contributed by atoms with Crippen LogP contribution in [-0.4, -0.2) is 13.2 Å². The first-order valence-corrected chi connectivity index (χ1v) is 7.38. The second kappa shape index (κ2) is 8.39. The molecule has 2 aromatic carbocycles. The van der Waals surface area contributed by atoms with Gasteiger partial charge in [-0.3, -0.25) is 0 Å². The van der Waals surface area contributed by atoms with Crippen LogP contribution in [0.3, 0.4) is 0 Å². The van der Waals surface area contributed by atoms with Crippen molar-refractivity contribution >= 4 is 0 Å². The van der Waals surface area contributed by atoms with E-state index < -0.39 is 0 Å². The monoisotopic (exact) mass is 269 g/mol. The minimum atomic E-state index is 0.781. The molecule has 106 valence electrons. The molecule has 2 nitrogen and oxygen atoms in total. The number of hydrogen-bond donors (Lipinski definition) is 1. The van der Waals surface area contributed by atoms with Crippen LogP contribution in [0.1, 0.15) is 25.7 Å². The zero-order valence-electron chi connectivity index (χ0n) is 11.9. The Labute approximate surface area is 121 Å². The van der Waals surface area contributed by atoms with E-state index in [1.807, 2.05) is 18.2 Å². The third-order valence-electron chi connectivity index (χ3n) is 3.31. The highest BCUT2D eigenvalue weighted by atomic mass is 16.5. The van der Waals surface area contributed by atoms with E-state index in [1.54, 1.807) is 0 Å². The van der Waals surface area contributed by atoms with Gasteiger partial charge >= 0.3 is 0 Å². The van der Waals surface area contributed by atoms with Gasteiger partial charge in [-0.05, 0) is 42.6 Å². The number of benzene rings is 2. The molecule has 2 N–H and O–H groups in total. The Bertz CT molecular complexity index is 496. The summed E-state index contributed by atoms with van der Waals surface area (Å²) < 4.78 is 5.82. The second-order valence-electron chi connectivity index (χ2n) is 4.95. The maximum absolute atomic E-state index is 5.82. The first kappa shape index (κ1) is 14.6. The molecule has 0 saturated carbocycles. The first-order valence-electron chi connectivity index (χ1n) is 7.38. The van der Waals surface area contributed by atoms with Crippen molar-refractivity contribution in [3.63, 3.8) is 0 Å². The van der Waals surface area contributed by atoms with Gasteiger partial charge in [-0.1, -0.05) is 55.3 Å². The van der Waals surface area contributed by atoms with E-state index in [0.29, 0.717) is 0 Å². The van der Waals surface area contributed by atoms with Gasteiger partial charge in [-0.2, -0.15) is 0 Å². The summed E-state index contributed by atoms with van der Waals surface area (Å²) >= 11 is 0. The number of ether oxygens (including phenoxy) is 1. The molecule has 0 saturated heterocycles. The first-order chi connectivity index (χ1) is 9.90. The van der Waals surface area contributed by atoms with Crippen LogP contribution in [0.15, 0.2) is 54.6 Å². The van der Waals surface area contributed by atoms with Crippen LogP contribution in [0.4, 0.5) is 0 Å². The van der Waals surface area contributed by atoms with Crippen LogP contribution < -0.4 is 10.5 Å². The Morgan fingerprint density at radius 3 is 2.30 bits per heavy atom. The molecular formula is C18H23NO. The van der Waals surface area contributed by atoms with Gasteiger partial charge in [0.15, 0.2) is 0 Å². The van der Waals surface area contributed by atoms with Gasteiger partial charge in [0, 0.05) is 0 Å². The lowest BCUT2D eigenvalue weighted by atomic mass is 10.1. The normalized spacial score (nSPS) is 10.4. The van der Waals surface area contributed by atoms with Crippen molar-refractivity contribution < 1.29 is 4.74 Å². The molecule has 0 atom stereocenters. The summed E-state index contributed by atoms with van der Waals surface area (Å²) in [5, 5.41) is 0. The summed E-state index contributed by atoms with van der Waals surface area (Å²) in [5.74, 6) is 0.949. The van der Waals surface area contributed by atoms with Crippen molar-refractivity contribution in [1.82, 2.24) is 0 Å². The molecule has 0 aliphatic carbocycles. The number of hydrogen-bond acceptors (Lipinski definition) is 2. The molecule has 20 heavy (non-hydrogen) atoms. The minimum Gasteiger partial charge on any atom is -0.494 e. The standard InChI is InChI=1S/C18H23NO/c19-13-6-1-2-7-14-20-18-12-8-11-17(15-18)16-9-4-3-5-10-16/h3-5,8-12,15H,1-2,6-7,13-14,19H2. The molecule has 0 aliphatic heterocycles. The second-order valence-corrected chi connectivity index (χ2v) is 4.95. The zero-order valence-corrected chi connectivity index (χ0v) is 11.9. The van der Waals surface area contributed by atoms with E-state index in [-0.39, 0.29) is 0 Å². The molecule has 0 fully saturated rings. The maximum Gasteiger partial charge on any atom is 0.119 e. The molecule has 0 spiro atoms. The smallest absolute Gasteiger partial charge is 0.119 e. The van der Waals surface area contributed by atoms with Gasteiger partial charge in [0.25, 0.3) is 0 Å². The van der Waals surface area contributed by atoms with Crippen LogP contribution in [0.5, 0.6) is 5.75 Å². The molecule has 0 amide bonds. The van der Waals surface area contributed by atoms with Crippen LogP contribution >= 0.6 is 0 Å². The Balaban J connectivity index is 1.84. The molecule has 2 aromatic rings. The van der Waals surface area contributed by atoms with Gasteiger partial charge < -0.3 is 10.5 Å². The third-order valence-corrected chi connectivity index (χ3v) is 3.31. The fraction of sp³-hybridized carbons (Fsp3) is 0.333. The van der Waals surface area contributed by atoms with Crippen LogP contribution in [-0.2, 0) is 0 Å². The predicted molar refractivity (Wildman–Crippen MR) is 84.9 cm³/mol. The average Bonchev–Trinajstić information content (AvgIpc) is 2.52. The molecule has 0 bridgehead atoms. The van der Waals surface area contributed by atoms with Crippen molar-refractivity contribution in [2.45, 2.75) is 25.7 Å². The largest absolute Gasteiger partial charge is 0.494 e. The molecule has 2 rings (SSSR count). The number of nitrogens with two attached hydrogens (primary N) is 1. The molecule has 2 heteroatoms. The average molecular weight is 269 g/mol. The fourth-order valence-electron chi connectivity index (χ4n) is 2.19. The Kier molecular flexibility index (Phi) is 6.12. The summed E-state index contributed by atoms with van der Waals surface area (Å²) in [7, 11) is 0. The summed E-state index contributed by atoms with van der Waals surface area (Å²) in [5.41, 5.74) is 7.90. The van der Waals surface area contributed by atoms with Crippen LogP contribution in [0.25, 0.3) is 11.1 Å². The van der Waals surface area contributed by atoms with E-state index in [9.17, 15) is 0 Å². The summed E-state index contributed by atoms with van der Waals surface area (Å²) in [6, 6.07) is 18.7. The highest BCUT2D eigenvalue weighted by molar-refractivity contribution is 5.64. The van der Waals surface area contributed by atoms with Gasteiger partial charge in [0.2, 0.25) is 0 Å². The lowest BCUT2D eigenvalue weighted by molar-refractivity contribution is 0.305. The third kappa shape index (κ3) is 4.71. The lowest BCUT2D eigenvalue weighted by Crippen LogP contribution is -2.00. The highest BCUT2D eigenvalue weighted by Gasteiger charge is 1.99. The summed E-state index contributed by atoms with van der Waals surface area (Å²) in [6.45, 7) is 1.57. The molecule has 0 radical (unpaired) electrons. The summed E-state index contributed by atoms with van der Waals surface area (Å²) in [6.07, 6.45) is 4.60. The van der Waals surface area contributed by atoms with Gasteiger partial charge in [0.05, 0.1) is 6.61 Å². The van der Waals surface area contributed by atoms with Crippen LogP contribution in [0.2, 0.25) is 0 Å². The molecule has 0 aliphatic rings. The zero-order chi connectivity index (χ0) is 14.0. The van der Waals surface area contributed by atoms with Gasteiger partial charge in [-0.25, -0.2) is 0 Å². The molecule has 0 unspecified atom stereocenters. The molecule has 0 aromatic heterocycles. The van der Waals surface area contributed by atoms with Crippen molar-refractivity contribution in [2.75, 3.05) is 13.2 Å². The lowest BCUT2D eigenvalue weighted by Gasteiger charge is -2.08. The highest BCUT2D eigenvalue weighted by Crippen LogP contribution is 2.23. The van der Waals surface area contributed by atoms with E-state index in [4.69, 9.17) is 10.5 Å². The van der Waals surface area contributed by atoms with E-state index >= 15 is 0 Å². The van der Waals surface area contributed by atoms with Crippen molar-refractivity contribution in [1.29, 1.82) is 0 Å². The van der Waals surface area contributed by atoms with Crippen LogP contribution in [0, 0.1) is 0 Å². The quantitative estimate of drug-likeness (QED) is 0.727. The molecular weight excluding hydrogens is 246 g/mol. The van der Waals surface area contributed by atoms with Gasteiger partial charge in [0.1, 0.15) is 5.75 Å². The van der Waals surface area contributed by atoms with E-state index in [0.717, 1.165) is 31.7 Å². The fourth-order valence-corrected chi connectivity index (χ4v) is 2.19. The van der Waals surface area contributed by atoms with Crippen molar-refractivity contribution in [3.8, 4) is 16.9 Å². The van der Waals surface area contributed by atoms with Gasteiger partial charge in [-0.15, -0.1) is 0 Å². The van der Waals surface area contributed by atoms with Crippen molar-refractivity contribution in [2.24, 2.45) is 5.73 Å². The Morgan fingerprint density at radius 1 is 0.750 bits per heavy atom. The maximum atomic E-state index is 5.82. The number of rotatable bonds is 8. The Hall–Kier alpha value is -1.80. The topological polar surface area (TPSA) is 35.2 Å².